The van der Waals surface area contributed by atoms with Crippen LogP contribution in [0, 0.1) is 0 Å². The summed E-state index contributed by atoms with van der Waals surface area (Å²) in [7, 11) is -1.31. The van der Waals surface area contributed by atoms with Gasteiger partial charge in [-0.15, -0.1) is 11.6 Å². The maximum Gasteiger partial charge on any atom is 0.166 e. The molecule has 13 heavy (non-hydrogen) atoms. The van der Waals surface area contributed by atoms with Crippen LogP contribution >= 0.6 is 23.8 Å². The van der Waals surface area contributed by atoms with Crippen molar-refractivity contribution in [2.24, 2.45) is 0 Å². The summed E-state index contributed by atoms with van der Waals surface area (Å²) in [5.74, 6) is 0.0849. The second-order valence-electron chi connectivity index (χ2n) is 2.92. The lowest BCUT2D eigenvalue weighted by atomic mass is 10.3. The molecule has 7 heteroatoms. The van der Waals surface area contributed by atoms with Gasteiger partial charge in [0.1, 0.15) is 0 Å². The topological polar surface area (TPSA) is 58.2 Å². The van der Waals surface area contributed by atoms with Crippen LogP contribution < -0.4 is 10.6 Å². The first-order valence-electron chi connectivity index (χ1n) is 3.77. The van der Waals surface area contributed by atoms with Gasteiger partial charge in [0.25, 0.3) is 0 Å². The minimum atomic E-state index is -2.98. The van der Waals surface area contributed by atoms with Crippen molar-refractivity contribution < 1.29 is 8.42 Å². The number of sulfone groups is 1. The molecule has 1 aliphatic heterocycles. The van der Waals surface area contributed by atoms with Gasteiger partial charge in [-0.05, 0) is 12.2 Å². The first-order valence-corrected chi connectivity index (χ1v) is 6.44. The van der Waals surface area contributed by atoms with Crippen LogP contribution in [-0.2, 0) is 9.84 Å². The van der Waals surface area contributed by atoms with Crippen LogP contribution in [0.1, 0.15) is 0 Å². The Morgan fingerprint density at radius 2 is 2.15 bits per heavy atom. The van der Waals surface area contributed by atoms with E-state index < -0.39 is 15.2 Å². The van der Waals surface area contributed by atoms with Crippen molar-refractivity contribution in [1.29, 1.82) is 0 Å². The third-order valence-electron chi connectivity index (χ3n) is 1.83. The van der Waals surface area contributed by atoms with E-state index in [1.165, 1.54) is 0 Å². The Kier molecular flexibility index (Phi) is 3.37. The number of hydrogen-bond acceptors (Lipinski definition) is 3. The van der Waals surface area contributed by atoms with E-state index in [1.807, 2.05) is 0 Å². The van der Waals surface area contributed by atoms with E-state index in [1.54, 1.807) is 7.05 Å². The van der Waals surface area contributed by atoms with Gasteiger partial charge in [-0.2, -0.15) is 0 Å². The van der Waals surface area contributed by atoms with Gasteiger partial charge in [0.05, 0.1) is 22.9 Å². The third kappa shape index (κ3) is 2.96. The molecule has 2 N–H and O–H groups in total. The fraction of sp³-hybridized carbons (Fsp3) is 0.833. The molecular formula is C6H11ClN2O2S2. The van der Waals surface area contributed by atoms with E-state index >= 15 is 0 Å². The Labute approximate surface area is 87.9 Å². The predicted octanol–water partition coefficient (Wildman–Crippen LogP) is -0.515. The van der Waals surface area contributed by atoms with Crippen molar-refractivity contribution in [3.8, 4) is 0 Å². The SMILES string of the molecule is CNC(=S)NC1CS(=O)(=O)CC1Cl. The molecule has 1 rings (SSSR count). The second kappa shape index (κ2) is 3.98. The molecule has 0 spiro atoms. The summed E-state index contributed by atoms with van der Waals surface area (Å²) < 4.78 is 22.3. The fourth-order valence-electron chi connectivity index (χ4n) is 1.18. The zero-order valence-electron chi connectivity index (χ0n) is 7.08. The normalized spacial score (nSPS) is 31.2. The summed E-state index contributed by atoms with van der Waals surface area (Å²) in [6.07, 6.45) is 0. The van der Waals surface area contributed by atoms with E-state index in [-0.39, 0.29) is 17.5 Å². The molecule has 4 nitrogen and oxygen atoms in total. The lowest BCUT2D eigenvalue weighted by Crippen LogP contribution is -2.44. The molecular weight excluding hydrogens is 232 g/mol. The van der Waals surface area contributed by atoms with Crippen LogP contribution in [-0.4, -0.2) is 43.5 Å². The smallest absolute Gasteiger partial charge is 0.166 e. The molecule has 0 radical (unpaired) electrons. The van der Waals surface area contributed by atoms with E-state index in [9.17, 15) is 8.42 Å². The summed E-state index contributed by atoms with van der Waals surface area (Å²) >= 11 is 10.7. The molecule has 0 bridgehead atoms. The molecule has 76 valence electrons. The Bertz CT molecular complexity index is 304. The van der Waals surface area contributed by atoms with Gasteiger partial charge in [0.2, 0.25) is 0 Å². The van der Waals surface area contributed by atoms with Gasteiger partial charge in [-0.1, -0.05) is 0 Å². The number of thiocarbonyl (C=S) groups is 1. The van der Waals surface area contributed by atoms with Gasteiger partial charge >= 0.3 is 0 Å². The van der Waals surface area contributed by atoms with E-state index in [2.05, 4.69) is 10.6 Å². The number of alkyl halides is 1. The molecule has 0 amide bonds. The highest BCUT2D eigenvalue weighted by Crippen LogP contribution is 2.17. The summed E-state index contributed by atoms with van der Waals surface area (Å²) in [6.45, 7) is 0. The molecule has 2 unspecified atom stereocenters. The van der Waals surface area contributed by atoms with Gasteiger partial charge in [-0.3, -0.25) is 0 Å². The van der Waals surface area contributed by atoms with Crippen molar-refractivity contribution in [1.82, 2.24) is 10.6 Å². The molecule has 1 heterocycles. The zero-order chi connectivity index (χ0) is 10.1. The molecule has 0 saturated carbocycles. The Morgan fingerprint density at radius 3 is 2.54 bits per heavy atom. The summed E-state index contributed by atoms with van der Waals surface area (Å²) in [6, 6.07) is -0.272. The highest BCUT2D eigenvalue weighted by Gasteiger charge is 2.36. The van der Waals surface area contributed by atoms with Crippen LogP contribution in [0.5, 0.6) is 0 Å². The third-order valence-corrected chi connectivity index (χ3v) is 4.52. The number of hydrogen-bond donors (Lipinski definition) is 2. The average Bonchev–Trinajstić information content (AvgIpc) is 2.24. The van der Waals surface area contributed by atoms with Crippen LogP contribution in [0.4, 0.5) is 0 Å². The van der Waals surface area contributed by atoms with Gasteiger partial charge in [0, 0.05) is 7.05 Å². The standard InChI is InChI=1S/C6H11ClN2O2S2/c1-8-6(12)9-5-3-13(10,11)2-4(5)7/h4-5H,2-3H2,1H3,(H2,8,9,12). The van der Waals surface area contributed by atoms with Gasteiger partial charge in [0.15, 0.2) is 14.9 Å². The lowest BCUT2D eigenvalue weighted by Gasteiger charge is -2.15. The highest BCUT2D eigenvalue weighted by atomic mass is 35.5. The number of nitrogens with one attached hydrogen (secondary N) is 2. The Balaban J connectivity index is 2.59. The first kappa shape index (κ1) is 11.0. The van der Waals surface area contributed by atoms with Gasteiger partial charge in [-0.25, -0.2) is 8.42 Å². The van der Waals surface area contributed by atoms with Crippen molar-refractivity contribution in [3.63, 3.8) is 0 Å². The maximum atomic E-state index is 11.1. The van der Waals surface area contributed by atoms with Crippen molar-refractivity contribution in [2.45, 2.75) is 11.4 Å². The molecule has 0 aromatic carbocycles. The van der Waals surface area contributed by atoms with Crippen LogP contribution in [0.2, 0.25) is 0 Å². The van der Waals surface area contributed by atoms with Crippen molar-refractivity contribution in [3.05, 3.63) is 0 Å². The molecule has 1 saturated heterocycles. The number of halogens is 1. The Morgan fingerprint density at radius 1 is 1.54 bits per heavy atom. The monoisotopic (exact) mass is 242 g/mol. The molecule has 0 aliphatic carbocycles. The molecule has 1 aliphatic rings. The van der Waals surface area contributed by atoms with E-state index in [4.69, 9.17) is 23.8 Å². The summed E-state index contributed by atoms with van der Waals surface area (Å²) in [5, 5.41) is 5.58. The van der Waals surface area contributed by atoms with Crippen molar-refractivity contribution in [2.75, 3.05) is 18.6 Å². The molecule has 0 aromatic heterocycles. The second-order valence-corrected chi connectivity index (χ2v) is 6.05. The van der Waals surface area contributed by atoms with E-state index in [0.717, 1.165) is 0 Å². The maximum absolute atomic E-state index is 11.1. The minimum absolute atomic E-state index is 0.0263. The van der Waals surface area contributed by atoms with Gasteiger partial charge < -0.3 is 10.6 Å². The largest absolute Gasteiger partial charge is 0.366 e. The zero-order valence-corrected chi connectivity index (χ0v) is 9.47. The Hall–Kier alpha value is -0.0700. The summed E-state index contributed by atoms with van der Waals surface area (Å²) in [4.78, 5) is 0. The molecule has 0 aromatic rings. The van der Waals surface area contributed by atoms with Crippen LogP contribution in [0.25, 0.3) is 0 Å². The quantitative estimate of drug-likeness (QED) is 0.479. The molecule has 1 fully saturated rings. The van der Waals surface area contributed by atoms with E-state index in [0.29, 0.717) is 5.11 Å². The summed E-state index contributed by atoms with van der Waals surface area (Å²) in [5.41, 5.74) is 0. The lowest BCUT2D eigenvalue weighted by molar-refractivity contribution is 0.600. The minimum Gasteiger partial charge on any atom is -0.366 e. The molecule has 2 atom stereocenters. The highest BCUT2D eigenvalue weighted by molar-refractivity contribution is 7.91. The van der Waals surface area contributed by atoms with Crippen LogP contribution in [0.15, 0.2) is 0 Å². The fourth-order valence-corrected chi connectivity index (χ4v) is 3.88. The first-order chi connectivity index (χ1) is 5.94. The average molecular weight is 243 g/mol. The van der Waals surface area contributed by atoms with Crippen LogP contribution in [0.3, 0.4) is 0 Å². The predicted molar refractivity (Wildman–Crippen MR) is 56.9 cm³/mol. The number of rotatable bonds is 1. The van der Waals surface area contributed by atoms with Crippen molar-refractivity contribution >= 4 is 38.8 Å².